The van der Waals surface area contributed by atoms with Crippen molar-refractivity contribution in [3.8, 4) is 0 Å². The van der Waals surface area contributed by atoms with Crippen LogP contribution in [0, 0.1) is 6.92 Å². The van der Waals surface area contributed by atoms with E-state index in [1.807, 2.05) is 25.1 Å². The van der Waals surface area contributed by atoms with E-state index in [0.29, 0.717) is 5.69 Å². The van der Waals surface area contributed by atoms with E-state index in [1.54, 1.807) is 0 Å². The van der Waals surface area contributed by atoms with Crippen LogP contribution in [0.5, 0.6) is 0 Å². The number of rotatable bonds is 1. The topological polar surface area (TPSA) is 45.5 Å². The van der Waals surface area contributed by atoms with Crippen LogP contribution in [0.4, 0.5) is 0 Å². The van der Waals surface area contributed by atoms with E-state index in [9.17, 15) is 0 Å². The maximum atomic E-state index is 8.63. The second-order valence-corrected chi connectivity index (χ2v) is 4.29. The van der Waals surface area contributed by atoms with Gasteiger partial charge in [0.25, 0.3) is 0 Å². The molecular weight excluding hydrogens is 224 g/mol. The summed E-state index contributed by atoms with van der Waals surface area (Å²) in [4.78, 5) is 4.54. The van der Waals surface area contributed by atoms with Crippen molar-refractivity contribution in [2.45, 2.75) is 6.92 Å². The van der Waals surface area contributed by atoms with Crippen molar-refractivity contribution in [2.75, 3.05) is 0 Å². The summed E-state index contributed by atoms with van der Waals surface area (Å²) < 4.78 is 0. The molecule has 3 heteroatoms. The average Bonchev–Trinajstić information content (AvgIpc) is 2.39. The first-order valence-electron chi connectivity index (χ1n) is 5.76. The molecule has 0 fully saturated rings. The van der Waals surface area contributed by atoms with Crippen molar-refractivity contribution in [1.82, 2.24) is 4.98 Å². The number of nitrogens with zero attached hydrogens (tertiary/aromatic N) is 2. The third-order valence-corrected chi connectivity index (χ3v) is 3.12. The lowest BCUT2D eigenvalue weighted by Gasteiger charge is -2.06. The first-order valence-corrected chi connectivity index (χ1v) is 5.76. The molecule has 18 heavy (non-hydrogen) atoms. The van der Waals surface area contributed by atoms with E-state index in [1.165, 1.54) is 6.21 Å². The van der Waals surface area contributed by atoms with Gasteiger partial charge in [0.2, 0.25) is 0 Å². The van der Waals surface area contributed by atoms with Crippen LogP contribution in [0.15, 0.2) is 47.6 Å². The number of oxime groups is 1. The lowest BCUT2D eigenvalue weighted by molar-refractivity contribution is 0.321. The summed E-state index contributed by atoms with van der Waals surface area (Å²) in [5.74, 6) is 0. The molecule has 1 aromatic heterocycles. The zero-order valence-corrected chi connectivity index (χ0v) is 9.96. The Morgan fingerprint density at radius 2 is 1.94 bits per heavy atom. The molecule has 0 radical (unpaired) electrons. The lowest BCUT2D eigenvalue weighted by atomic mass is 10.0. The molecule has 0 aliphatic carbocycles. The second-order valence-electron chi connectivity index (χ2n) is 4.29. The summed E-state index contributed by atoms with van der Waals surface area (Å²) in [5, 5.41) is 15.1. The summed E-state index contributed by atoms with van der Waals surface area (Å²) in [6.07, 6.45) is 1.36. The first kappa shape index (κ1) is 10.7. The van der Waals surface area contributed by atoms with Gasteiger partial charge in [0.1, 0.15) is 0 Å². The van der Waals surface area contributed by atoms with Gasteiger partial charge in [-0.05, 0) is 23.9 Å². The highest BCUT2D eigenvalue weighted by atomic mass is 16.4. The van der Waals surface area contributed by atoms with Crippen molar-refractivity contribution >= 4 is 27.9 Å². The van der Waals surface area contributed by atoms with Crippen LogP contribution in [-0.4, -0.2) is 16.4 Å². The monoisotopic (exact) mass is 236 g/mol. The summed E-state index contributed by atoms with van der Waals surface area (Å²) >= 11 is 0. The van der Waals surface area contributed by atoms with E-state index in [2.05, 4.69) is 34.4 Å². The normalized spacial score (nSPS) is 11.6. The summed E-state index contributed by atoms with van der Waals surface area (Å²) in [6.45, 7) is 2.04. The Kier molecular flexibility index (Phi) is 2.45. The molecule has 0 saturated heterocycles. The molecule has 0 amide bonds. The molecule has 1 N–H and O–H groups in total. The molecule has 2 aromatic carbocycles. The molecule has 88 valence electrons. The fourth-order valence-electron chi connectivity index (χ4n) is 2.28. The van der Waals surface area contributed by atoms with Crippen LogP contribution in [0.3, 0.4) is 0 Å². The average molecular weight is 236 g/mol. The zero-order valence-electron chi connectivity index (χ0n) is 9.96. The third-order valence-electron chi connectivity index (χ3n) is 3.12. The minimum absolute atomic E-state index is 0.666. The quantitative estimate of drug-likeness (QED) is 0.304. The van der Waals surface area contributed by atoms with Gasteiger partial charge in [-0.2, -0.15) is 0 Å². The van der Waals surface area contributed by atoms with Crippen LogP contribution < -0.4 is 0 Å². The minimum atomic E-state index is 0.666. The number of benzene rings is 2. The highest BCUT2D eigenvalue weighted by Gasteiger charge is 2.05. The molecule has 0 bridgehead atoms. The molecule has 0 spiro atoms. The molecular formula is C15H12N2O. The standard InChI is InChI=1S/C15H12N2O/c1-10-8-12(9-16-18)17-15-13(10)7-6-11-4-2-3-5-14(11)15/h2-9,18H,1H3/b16-9+. The fraction of sp³-hybridized carbons (Fsp3) is 0.0667. The van der Waals surface area contributed by atoms with E-state index in [4.69, 9.17) is 5.21 Å². The van der Waals surface area contributed by atoms with E-state index in [0.717, 1.165) is 27.2 Å². The van der Waals surface area contributed by atoms with Gasteiger partial charge >= 0.3 is 0 Å². The molecule has 0 saturated carbocycles. The molecule has 3 nitrogen and oxygen atoms in total. The van der Waals surface area contributed by atoms with Crippen LogP contribution in [0.25, 0.3) is 21.7 Å². The summed E-state index contributed by atoms with van der Waals surface area (Å²) in [7, 11) is 0. The number of hydrogen-bond donors (Lipinski definition) is 1. The third kappa shape index (κ3) is 1.61. The van der Waals surface area contributed by atoms with Gasteiger partial charge in [-0.1, -0.05) is 41.6 Å². The SMILES string of the molecule is Cc1cc(/C=N/O)nc2c1ccc1ccccc12. The highest BCUT2D eigenvalue weighted by Crippen LogP contribution is 2.26. The largest absolute Gasteiger partial charge is 0.411 e. The van der Waals surface area contributed by atoms with Gasteiger partial charge < -0.3 is 5.21 Å². The van der Waals surface area contributed by atoms with Gasteiger partial charge in [-0.15, -0.1) is 0 Å². The van der Waals surface area contributed by atoms with Gasteiger partial charge in [0.15, 0.2) is 0 Å². The van der Waals surface area contributed by atoms with E-state index < -0.39 is 0 Å². The molecule has 0 aliphatic rings. The molecule has 0 aliphatic heterocycles. The molecule has 1 heterocycles. The van der Waals surface area contributed by atoms with Crippen molar-refractivity contribution in [2.24, 2.45) is 5.16 Å². The van der Waals surface area contributed by atoms with Crippen molar-refractivity contribution in [1.29, 1.82) is 0 Å². The maximum absolute atomic E-state index is 8.63. The number of aryl methyl sites for hydroxylation is 1. The Morgan fingerprint density at radius 1 is 1.11 bits per heavy atom. The van der Waals surface area contributed by atoms with Gasteiger partial charge in [0, 0.05) is 10.8 Å². The fourth-order valence-corrected chi connectivity index (χ4v) is 2.28. The summed E-state index contributed by atoms with van der Waals surface area (Å²) in [5.41, 5.74) is 2.74. The molecule has 0 atom stereocenters. The van der Waals surface area contributed by atoms with Gasteiger partial charge in [0.05, 0.1) is 17.4 Å². The Bertz CT molecular complexity index is 763. The number of fused-ring (bicyclic) bond motifs is 3. The van der Waals surface area contributed by atoms with Crippen LogP contribution >= 0.6 is 0 Å². The molecule has 0 unspecified atom stereocenters. The highest BCUT2D eigenvalue weighted by molar-refractivity contribution is 6.06. The Hall–Kier alpha value is -2.42. The predicted octanol–water partition coefficient (Wildman–Crippen LogP) is 3.50. The number of hydrogen-bond acceptors (Lipinski definition) is 3. The number of aromatic nitrogens is 1. The van der Waals surface area contributed by atoms with Crippen molar-refractivity contribution < 1.29 is 5.21 Å². The van der Waals surface area contributed by atoms with E-state index in [-0.39, 0.29) is 0 Å². The first-order chi connectivity index (χ1) is 8.79. The van der Waals surface area contributed by atoms with Crippen LogP contribution in [0.1, 0.15) is 11.3 Å². The van der Waals surface area contributed by atoms with Gasteiger partial charge in [-0.25, -0.2) is 4.98 Å². The zero-order chi connectivity index (χ0) is 12.5. The summed E-state index contributed by atoms with van der Waals surface area (Å²) in [6, 6.07) is 14.2. The minimum Gasteiger partial charge on any atom is -0.411 e. The molecule has 3 rings (SSSR count). The van der Waals surface area contributed by atoms with Gasteiger partial charge in [-0.3, -0.25) is 0 Å². The Balaban J connectivity index is 2.47. The van der Waals surface area contributed by atoms with E-state index >= 15 is 0 Å². The Morgan fingerprint density at radius 3 is 2.78 bits per heavy atom. The number of pyridine rings is 1. The molecule has 3 aromatic rings. The van der Waals surface area contributed by atoms with Crippen molar-refractivity contribution in [3.63, 3.8) is 0 Å². The van der Waals surface area contributed by atoms with Crippen LogP contribution in [0.2, 0.25) is 0 Å². The lowest BCUT2D eigenvalue weighted by Crippen LogP contribution is -1.92. The van der Waals surface area contributed by atoms with Crippen LogP contribution in [-0.2, 0) is 0 Å². The predicted molar refractivity (Wildman–Crippen MR) is 73.4 cm³/mol. The maximum Gasteiger partial charge on any atom is 0.0918 e. The smallest absolute Gasteiger partial charge is 0.0918 e. The van der Waals surface area contributed by atoms with Crippen molar-refractivity contribution in [3.05, 3.63) is 53.7 Å². The second kappa shape index (κ2) is 4.11. The Labute approximate surface area is 104 Å².